The van der Waals surface area contributed by atoms with Crippen molar-refractivity contribution in [1.29, 1.82) is 0 Å². The number of hydrogen-bond acceptors (Lipinski definition) is 21. The number of amides is 2. The lowest BCUT2D eigenvalue weighted by atomic mass is 9.68. The van der Waals surface area contributed by atoms with E-state index in [4.69, 9.17) is 46.7 Å². The predicted octanol–water partition coefficient (Wildman–Crippen LogP) is 9.48. The predicted molar refractivity (Wildman–Crippen MR) is 368 cm³/mol. The van der Waals surface area contributed by atoms with E-state index in [9.17, 15) is 20.8 Å². The molecule has 0 radical (unpaired) electrons. The Kier molecular flexibility index (Phi) is 22.9. The van der Waals surface area contributed by atoms with Crippen LogP contribution in [0.3, 0.4) is 0 Å². The molecule has 8 spiro atoms. The zero-order chi connectivity index (χ0) is 68.1. The maximum atomic E-state index is 15.2. The summed E-state index contributed by atoms with van der Waals surface area (Å²) >= 11 is 0. The Morgan fingerprint density at radius 3 is 0.833 bits per heavy atom. The highest BCUT2D eigenvalue weighted by Crippen LogP contribution is 2.54. The van der Waals surface area contributed by atoms with Crippen LogP contribution < -0.4 is 10.6 Å². The van der Waals surface area contributed by atoms with Crippen LogP contribution in [0.2, 0.25) is 36.3 Å². The molecule has 0 saturated carbocycles. The number of nitrogens with one attached hydrogen (secondary N) is 2. The van der Waals surface area contributed by atoms with Crippen LogP contribution in [0.15, 0.2) is 0 Å². The van der Waals surface area contributed by atoms with E-state index in [1.807, 2.05) is 0 Å². The number of rotatable bonds is 12. The van der Waals surface area contributed by atoms with Gasteiger partial charge in [-0.25, -0.2) is 4.79 Å². The van der Waals surface area contributed by atoms with E-state index in [2.05, 4.69) is 88.2 Å². The molecule has 13 saturated heterocycles. The third-order valence-corrected chi connectivity index (χ3v) is 37.0. The summed E-state index contributed by atoms with van der Waals surface area (Å²) in [7, 11) is -4.24. The standard InChI is InChI=1S/C36H64N4O8Si.C35H66N4O7Si/c1-32(2,3)49(4,5)48-30-26-37(28-22-33(6-14-44-15-7-33)39(42)34(23-28)8-16-45-17-9-34)31(41)38(27-30)29-24-35(10-18-46-19-11-35)40(43)36(25-29)12-20-47-21-13-36;1-31(2,3)47(4,5)46-30(26-36-28-22-32(6-14-42-15-7-32)38(40)33(23-28)8-16-43-17-9-33)27-37-29-24-34(10-18-44-19-11-34)39(41)35(25-29)12-20-45-21-13-35/h28-30,42-43H,6-27H2,1-5H3;28-30,36-37,40-41H,6-27H2,1-5H3. The molecule has 0 aromatic carbocycles. The van der Waals surface area contributed by atoms with Gasteiger partial charge in [0, 0.05) is 156 Å². The van der Waals surface area contributed by atoms with Gasteiger partial charge in [-0.15, -0.1) is 0 Å². The molecule has 0 aromatic rings. The molecular formula is C71H130N8O15Si2. The monoisotopic (exact) mass is 1390 g/mol. The fourth-order valence-corrected chi connectivity index (χ4v) is 22.8. The first kappa shape index (κ1) is 74.6. The Bertz CT molecular complexity index is 2280. The smallest absolute Gasteiger partial charge is 0.320 e. The van der Waals surface area contributed by atoms with Crippen LogP contribution in [0.4, 0.5) is 4.79 Å². The van der Waals surface area contributed by atoms with Gasteiger partial charge in [-0.3, -0.25) is 0 Å². The van der Waals surface area contributed by atoms with Crippen LogP contribution in [0.5, 0.6) is 0 Å². The molecule has 0 unspecified atom stereocenters. The maximum absolute atomic E-state index is 15.2. The Morgan fingerprint density at radius 1 is 0.396 bits per heavy atom. The van der Waals surface area contributed by atoms with E-state index in [0.717, 1.165) is 167 Å². The summed E-state index contributed by atoms with van der Waals surface area (Å²) < 4.78 is 60.9. The molecule has 96 heavy (non-hydrogen) atoms. The van der Waals surface area contributed by atoms with Crippen LogP contribution in [0.1, 0.15) is 196 Å². The molecule has 25 heteroatoms. The number of piperidine rings is 4. The summed E-state index contributed by atoms with van der Waals surface area (Å²) in [4.78, 5) is 19.6. The number of hydroxylamine groups is 8. The SMILES string of the molecule is CC(C)(C)[Si](C)(C)OC(CNC1CC2(CCOCC2)N(O)C2(CCOCC2)C1)CNC1CC2(CCOCC2)N(O)C2(CCOCC2)C1.CC(C)(C)[Si](C)(C)OC1CN(C2CC3(CCOCC3)N(O)C3(CCOCC3)C2)C(=O)N(C2CC3(CCOCC3)N(O)C3(CCOCC3)C2)C1. The molecule has 6 N–H and O–H groups in total. The zero-order valence-corrected chi connectivity index (χ0v) is 63.0. The largest absolute Gasteiger partial charge is 0.411 e. The number of nitrogens with zero attached hydrogens (tertiary/aromatic N) is 6. The summed E-state index contributed by atoms with van der Waals surface area (Å²) in [5.74, 6) is 0. The molecule has 13 aliphatic rings. The van der Waals surface area contributed by atoms with Crippen molar-refractivity contribution < 1.29 is 72.4 Å². The van der Waals surface area contributed by atoms with Crippen LogP contribution in [-0.4, -0.2) is 286 Å². The summed E-state index contributed by atoms with van der Waals surface area (Å²) in [5.41, 5.74) is -2.76. The summed E-state index contributed by atoms with van der Waals surface area (Å²) in [5, 5.41) is 62.8. The van der Waals surface area contributed by atoms with Crippen molar-refractivity contribution in [2.45, 2.75) is 313 Å². The van der Waals surface area contributed by atoms with Gasteiger partial charge in [0.05, 0.1) is 56.5 Å². The van der Waals surface area contributed by atoms with Gasteiger partial charge in [-0.2, -0.15) is 20.3 Å². The molecule has 0 atom stereocenters. The second kappa shape index (κ2) is 29.4. The lowest BCUT2D eigenvalue weighted by Crippen LogP contribution is -2.74. The number of urea groups is 1. The van der Waals surface area contributed by atoms with E-state index in [-0.39, 0.29) is 74.6 Å². The number of hydrogen-bond donors (Lipinski definition) is 6. The second-order valence-corrected chi connectivity index (χ2v) is 45.2. The summed E-state index contributed by atoms with van der Waals surface area (Å²) in [6, 6.07) is 0.596. The molecule has 2 amide bonds. The summed E-state index contributed by atoms with van der Waals surface area (Å²) in [6.07, 6.45) is 19.3. The van der Waals surface area contributed by atoms with Crippen LogP contribution >= 0.6 is 0 Å². The Balaban J connectivity index is 0.000000184. The number of carbonyl (C=O) groups is 1. The van der Waals surface area contributed by atoms with Gasteiger partial charge in [0.2, 0.25) is 0 Å². The summed E-state index contributed by atoms with van der Waals surface area (Å²) in [6.45, 7) is 36.3. The van der Waals surface area contributed by atoms with Crippen LogP contribution in [0, 0.1) is 0 Å². The minimum absolute atomic E-state index is 0.0164. The van der Waals surface area contributed by atoms with E-state index in [1.54, 1.807) is 20.3 Å². The number of ether oxygens (including phenoxy) is 8. The molecule has 552 valence electrons. The van der Waals surface area contributed by atoms with Gasteiger partial charge in [-0.05, 0) is 190 Å². The Hall–Kier alpha value is -1.10. The van der Waals surface area contributed by atoms with Gasteiger partial charge in [0.1, 0.15) is 0 Å². The maximum Gasteiger partial charge on any atom is 0.320 e. The fraction of sp³-hybridized carbons (Fsp3) is 0.986. The van der Waals surface area contributed by atoms with E-state index in [0.29, 0.717) is 119 Å². The van der Waals surface area contributed by atoms with Crippen LogP contribution in [0.25, 0.3) is 0 Å². The van der Waals surface area contributed by atoms with Crippen LogP contribution in [-0.2, 0) is 46.7 Å². The minimum Gasteiger partial charge on any atom is -0.411 e. The highest BCUT2D eigenvalue weighted by atomic mass is 28.4. The van der Waals surface area contributed by atoms with Gasteiger partial charge in [-0.1, -0.05) is 41.5 Å². The second-order valence-electron chi connectivity index (χ2n) is 35.7. The fourth-order valence-electron chi connectivity index (χ4n) is 20.1. The quantitative estimate of drug-likeness (QED) is 0.0999. The van der Waals surface area contributed by atoms with E-state index >= 15 is 4.79 Å². The van der Waals surface area contributed by atoms with Gasteiger partial charge < -0.3 is 88.0 Å². The molecule has 13 rings (SSSR count). The van der Waals surface area contributed by atoms with Crippen molar-refractivity contribution in [3.05, 3.63) is 0 Å². The van der Waals surface area contributed by atoms with Gasteiger partial charge >= 0.3 is 6.03 Å². The Labute approximate surface area is 577 Å². The zero-order valence-electron chi connectivity index (χ0n) is 61.0. The molecule has 13 heterocycles. The van der Waals surface area contributed by atoms with Crippen molar-refractivity contribution in [3.8, 4) is 0 Å². The normalized spacial score (nSPS) is 33.3. The highest BCUT2D eigenvalue weighted by Gasteiger charge is 2.62. The average molecular weight is 1390 g/mol. The molecule has 23 nitrogen and oxygen atoms in total. The highest BCUT2D eigenvalue weighted by molar-refractivity contribution is 6.74. The van der Waals surface area contributed by atoms with Crippen molar-refractivity contribution in [3.63, 3.8) is 0 Å². The third-order valence-electron chi connectivity index (χ3n) is 27.9. The molecule has 13 aliphatic heterocycles. The average Bonchev–Trinajstić information content (AvgIpc) is 0.795. The lowest BCUT2D eigenvalue weighted by Gasteiger charge is -2.62. The van der Waals surface area contributed by atoms with Gasteiger partial charge in [0.25, 0.3) is 0 Å². The van der Waals surface area contributed by atoms with Gasteiger partial charge in [0.15, 0.2) is 16.6 Å². The topological polar surface area (TPSA) is 234 Å². The van der Waals surface area contributed by atoms with Crippen molar-refractivity contribution >= 4 is 22.7 Å². The Morgan fingerprint density at radius 2 is 0.615 bits per heavy atom. The molecule has 0 aromatic heterocycles. The lowest BCUT2D eigenvalue weighted by molar-refractivity contribution is -0.301. The van der Waals surface area contributed by atoms with E-state index < -0.39 is 38.8 Å². The van der Waals surface area contributed by atoms with Crippen molar-refractivity contribution in [2.75, 3.05) is 132 Å². The first-order chi connectivity index (χ1) is 45.6. The minimum atomic E-state index is -2.18. The molecule has 13 fully saturated rings. The molecule has 0 aliphatic carbocycles. The number of carbonyl (C=O) groups excluding carboxylic acids is 1. The first-order valence-corrected chi connectivity index (χ1v) is 43.9. The van der Waals surface area contributed by atoms with Crippen molar-refractivity contribution in [1.82, 2.24) is 40.7 Å². The first-order valence-electron chi connectivity index (χ1n) is 38.1. The molecular weight excluding hydrogens is 1260 g/mol. The van der Waals surface area contributed by atoms with E-state index in [1.165, 1.54) is 0 Å². The third kappa shape index (κ3) is 15.0. The molecule has 0 bridgehead atoms. The van der Waals surface area contributed by atoms with Crippen molar-refractivity contribution in [2.24, 2.45) is 0 Å².